The SMILES string of the molecule is C[Si](C)(C)CC(OP(C)(=O)Oc1ccccc1)C(F)(F)C(F)(F)C(F)(F)C(F)(F)F. The van der Waals surface area contributed by atoms with E-state index in [9.17, 15) is 44.1 Å². The lowest BCUT2D eigenvalue weighted by Crippen LogP contribution is -2.65. The molecule has 0 aliphatic rings. The first-order valence-corrected chi connectivity index (χ1v) is 14.0. The van der Waals surface area contributed by atoms with Crippen LogP contribution in [0.1, 0.15) is 0 Å². The van der Waals surface area contributed by atoms with Crippen molar-refractivity contribution in [1.82, 2.24) is 0 Å². The molecule has 0 spiro atoms. The molecule has 14 heteroatoms. The number of halogens is 9. The minimum Gasteiger partial charge on any atom is -0.425 e. The quantitative estimate of drug-likeness (QED) is 0.211. The van der Waals surface area contributed by atoms with Gasteiger partial charge in [-0.25, -0.2) is 4.57 Å². The second-order valence-corrected chi connectivity index (χ2v) is 15.3. The summed E-state index contributed by atoms with van der Waals surface area (Å²) in [5.74, 6) is -20.2. The van der Waals surface area contributed by atoms with E-state index in [0.29, 0.717) is 6.66 Å². The predicted octanol–water partition coefficient (Wildman–Crippen LogP) is 7.08. The Kier molecular flexibility index (Phi) is 7.50. The molecular weight excluding hydrogens is 470 g/mol. The Labute approximate surface area is 168 Å². The van der Waals surface area contributed by atoms with Crippen molar-refractivity contribution in [2.75, 3.05) is 6.66 Å². The van der Waals surface area contributed by atoms with Gasteiger partial charge in [0.05, 0.1) is 0 Å². The third-order valence-electron chi connectivity index (χ3n) is 3.70. The summed E-state index contributed by atoms with van der Waals surface area (Å²) in [7, 11) is -7.48. The maximum atomic E-state index is 14.5. The average molecular weight is 490 g/mol. The van der Waals surface area contributed by atoms with E-state index in [1.165, 1.54) is 50.0 Å². The highest BCUT2D eigenvalue weighted by molar-refractivity contribution is 7.53. The average Bonchev–Trinajstić information content (AvgIpc) is 2.51. The highest BCUT2D eigenvalue weighted by Gasteiger charge is 2.83. The molecule has 0 saturated heterocycles. The van der Waals surface area contributed by atoms with Crippen molar-refractivity contribution in [3.63, 3.8) is 0 Å². The third kappa shape index (κ3) is 5.94. The Balaban J connectivity index is 3.37. The van der Waals surface area contributed by atoms with Crippen molar-refractivity contribution in [2.45, 2.75) is 55.7 Å². The molecule has 0 saturated carbocycles. The molecule has 0 fully saturated rings. The third-order valence-corrected chi connectivity index (χ3v) is 6.48. The number of rotatable bonds is 9. The lowest BCUT2D eigenvalue weighted by Gasteiger charge is -2.39. The number of hydrogen-bond acceptors (Lipinski definition) is 3. The summed E-state index contributed by atoms with van der Waals surface area (Å²) < 4.78 is 142. The van der Waals surface area contributed by atoms with Gasteiger partial charge in [-0.15, -0.1) is 0 Å². The molecule has 0 radical (unpaired) electrons. The fourth-order valence-corrected chi connectivity index (χ4v) is 5.11. The molecule has 174 valence electrons. The summed E-state index contributed by atoms with van der Waals surface area (Å²) in [5.41, 5.74) is 0. The van der Waals surface area contributed by atoms with Crippen molar-refractivity contribution in [2.24, 2.45) is 0 Å². The van der Waals surface area contributed by atoms with Crippen LogP contribution in [0.3, 0.4) is 0 Å². The van der Waals surface area contributed by atoms with E-state index >= 15 is 0 Å². The zero-order chi connectivity index (χ0) is 23.8. The molecule has 0 aromatic heterocycles. The van der Waals surface area contributed by atoms with Crippen LogP contribution in [0.2, 0.25) is 25.7 Å². The first-order chi connectivity index (χ1) is 13.1. The fraction of sp³-hybridized carbons (Fsp3) is 0.625. The highest BCUT2D eigenvalue weighted by Crippen LogP contribution is 2.58. The standard InChI is InChI=1S/C16H20F9O3PSi/c1-29(26,27-11-8-6-5-7-9-11)28-12(10-30(2,3)4)13(17,18)14(19,20)15(21,22)16(23,24)25/h5-9,12H,10H2,1-4H3. The number of benzene rings is 1. The Morgan fingerprint density at radius 1 is 0.900 bits per heavy atom. The van der Waals surface area contributed by atoms with Crippen LogP contribution in [-0.2, 0) is 9.09 Å². The van der Waals surface area contributed by atoms with Gasteiger partial charge in [-0.2, -0.15) is 39.5 Å². The van der Waals surface area contributed by atoms with E-state index in [1.54, 1.807) is 0 Å². The van der Waals surface area contributed by atoms with Crippen molar-refractivity contribution in [3.05, 3.63) is 30.3 Å². The second-order valence-electron chi connectivity index (χ2n) is 7.80. The van der Waals surface area contributed by atoms with Gasteiger partial charge in [-0.05, 0) is 18.2 Å². The summed E-state index contributed by atoms with van der Waals surface area (Å²) in [6, 6.07) is 5.73. The van der Waals surface area contributed by atoms with Gasteiger partial charge in [0.2, 0.25) is 0 Å². The number of hydrogen-bond donors (Lipinski definition) is 0. The van der Waals surface area contributed by atoms with Crippen LogP contribution in [-0.4, -0.2) is 44.8 Å². The monoisotopic (exact) mass is 490 g/mol. The molecular formula is C16H20F9O3PSi. The van der Waals surface area contributed by atoms with Crippen LogP contribution in [0.5, 0.6) is 5.75 Å². The van der Waals surface area contributed by atoms with Gasteiger partial charge in [-0.3, -0.25) is 4.52 Å². The van der Waals surface area contributed by atoms with E-state index in [0.717, 1.165) is 0 Å². The Morgan fingerprint density at radius 3 is 1.77 bits per heavy atom. The largest absolute Gasteiger partial charge is 0.460 e. The maximum absolute atomic E-state index is 14.5. The molecule has 0 aliphatic carbocycles. The molecule has 1 rings (SSSR count). The van der Waals surface area contributed by atoms with Crippen LogP contribution < -0.4 is 4.52 Å². The number of alkyl halides is 9. The Bertz CT molecular complexity index is 763. The summed E-state index contributed by atoms with van der Waals surface area (Å²) in [4.78, 5) is 0. The summed E-state index contributed by atoms with van der Waals surface area (Å²) >= 11 is 0. The molecule has 2 atom stereocenters. The topological polar surface area (TPSA) is 35.5 Å². The van der Waals surface area contributed by atoms with Crippen LogP contribution in [0.25, 0.3) is 0 Å². The fourth-order valence-electron chi connectivity index (χ4n) is 2.30. The van der Waals surface area contributed by atoms with E-state index in [-0.39, 0.29) is 5.75 Å². The van der Waals surface area contributed by atoms with E-state index in [1.807, 2.05) is 0 Å². The molecule has 0 heterocycles. The van der Waals surface area contributed by atoms with Gasteiger partial charge < -0.3 is 4.52 Å². The summed E-state index contributed by atoms with van der Waals surface area (Å²) in [6.45, 7) is 4.70. The summed E-state index contributed by atoms with van der Waals surface area (Å²) in [5, 5.41) is 0. The van der Waals surface area contributed by atoms with Crippen LogP contribution in [0.15, 0.2) is 30.3 Å². The molecule has 0 amide bonds. The molecule has 2 unspecified atom stereocenters. The van der Waals surface area contributed by atoms with Gasteiger partial charge in [-0.1, -0.05) is 37.8 Å². The highest BCUT2D eigenvalue weighted by atomic mass is 31.2. The van der Waals surface area contributed by atoms with Crippen molar-refractivity contribution in [3.8, 4) is 5.75 Å². The molecule has 0 bridgehead atoms. The van der Waals surface area contributed by atoms with Crippen LogP contribution in [0.4, 0.5) is 39.5 Å². The zero-order valence-electron chi connectivity index (χ0n) is 16.2. The molecule has 1 aromatic carbocycles. The molecule has 0 N–H and O–H groups in total. The van der Waals surface area contributed by atoms with E-state index in [2.05, 4.69) is 4.52 Å². The van der Waals surface area contributed by atoms with Crippen LogP contribution in [0, 0.1) is 0 Å². The predicted molar refractivity (Wildman–Crippen MR) is 94.5 cm³/mol. The second kappa shape index (κ2) is 8.38. The van der Waals surface area contributed by atoms with Gasteiger partial charge in [0.1, 0.15) is 11.9 Å². The minimum atomic E-state index is -7.07. The lowest BCUT2D eigenvalue weighted by atomic mass is 10.00. The smallest absolute Gasteiger partial charge is 0.425 e. The van der Waals surface area contributed by atoms with Gasteiger partial charge >= 0.3 is 31.5 Å². The van der Waals surface area contributed by atoms with E-state index in [4.69, 9.17) is 4.52 Å². The zero-order valence-corrected chi connectivity index (χ0v) is 18.1. The van der Waals surface area contributed by atoms with Crippen molar-refractivity contribution in [1.29, 1.82) is 0 Å². The van der Waals surface area contributed by atoms with E-state index < -0.39 is 51.8 Å². The number of para-hydroxylation sites is 1. The first-order valence-electron chi connectivity index (χ1n) is 8.35. The van der Waals surface area contributed by atoms with Crippen LogP contribution >= 0.6 is 7.60 Å². The Hall–Kier alpha value is -1.20. The molecule has 30 heavy (non-hydrogen) atoms. The molecule has 3 nitrogen and oxygen atoms in total. The minimum absolute atomic E-state index is 0.175. The lowest BCUT2D eigenvalue weighted by molar-refractivity contribution is -0.403. The summed E-state index contributed by atoms with van der Waals surface area (Å²) in [6.07, 6.45) is -10.2. The van der Waals surface area contributed by atoms with Crippen molar-refractivity contribution >= 4 is 15.7 Å². The van der Waals surface area contributed by atoms with Gasteiger partial charge in [0.25, 0.3) is 0 Å². The normalized spacial score (nSPS) is 17.4. The van der Waals surface area contributed by atoms with Crippen molar-refractivity contribution < 1.29 is 53.1 Å². The molecule has 0 aliphatic heterocycles. The first kappa shape index (κ1) is 26.8. The maximum Gasteiger partial charge on any atom is 0.460 e. The van der Waals surface area contributed by atoms with Gasteiger partial charge in [0, 0.05) is 14.7 Å². The van der Waals surface area contributed by atoms with Gasteiger partial charge in [0.15, 0.2) is 0 Å². The Morgan fingerprint density at radius 2 is 1.37 bits per heavy atom. The molecule has 1 aromatic rings.